The van der Waals surface area contributed by atoms with Gasteiger partial charge in [-0.15, -0.1) is 22.7 Å². The monoisotopic (exact) mass is 458 g/mol. The van der Waals surface area contributed by atoms with Crippen LogP contribution in [0.15, 0.2) is 24.9 Å². The summed E-state index contributed by atoms with van der Waals surface area (Å²) in [5.74, 6) is 0. The minimum absolute atomic E-state index is 0.516. The van der Waals surface area contributed by atoms with E-state index >= 15 is 0 Å². The van der Waals surface area contributed by atoms with Gasteiger partial charge in [0.2, 0.25) is 0 Å². The maximum absolute atomic E-state index is 13.7. The molecule has 2 aromatic rings. The molecular weight excluding hydrogens is 454 g/mol. The van der Waals surface area contributed by atoms with Gasteiger partial charge in [-0.1, -0.05) is 6.92 Å². The highest BCUT2D eigenvalue weighted by molar-refractivity contribution is 9.11. The molecule has 0 saturated carbocycles. The van der Waals surface area contributed by atoms with E-state index in [1.807, 2.05) is 19.1 Å². The van der Waals surface area contributed by atoms with Crippen molar-refractivity contribution < 1.29 is 4.32 Å². The van der Waals surface area contributed by atoms with Crippen molar-refractivity contribution in [2.24, 2.45) is 0 Å². The smallest absolute Gasteiger partial charge is 0.328 e. The molecule has 2 heterocycles. The molecule has 0 aromatic carbocycles. The van der Waals surface area contributed by atoms with Crippen LogP contribution in [0.2, 0.25) is 6.32 Å². The highest BCUT2D eigenvalue weighted by atomic mass is 79.9. The Morgan fingerprint density at radius 3 is 2.24 bits per heavy atom. The standard InChI is InChI=1S/C10H7BBr3FS2/c1-2-11(15)7-3-5(12)9(16-7)10-6(13)4-8(14)17-10/h3-4H,2H2,1H3. The number of hydrogen-bond acceptors (Lipinski definition) is 2. The van der Waals surface area contributed by atoms with Gasteiger partial charge in [0.1, 0.15) is 0 Å². The van der Waals surface area contributed by atoms with Gasteiger partial charge in [-0.3, -0.25) is 0 Å². The van der Waals surface area contributed by atoms with Gasteiger partial charge in [-0.05, 0) is 66.2 Å². The van der Waals surface area contributed by atoms with Crippen LogP contribution in [0.25, 0.3) is 9.75 Å². The van der Waals surface area contributed by atoms with Crippen LogP contribution in [-0.2, 0) is 0 Å². The summed E-state index contributed by atoms with van der Waals surface area (Å²) in [5.41, 5.74) is 0. The lowest BCUT2D eigenvalue weighted by Crippen LogP contribution is -2.19. The molecular formula is C10H7BBr3FS2. The Morgan fingerprint density at radius 1 is 1.12 bits per heavy atom. The molecule has 0 spiro atoms. The van der Waals surface area contributed by atoms with Crippen LogP contribution >= 0.6 is 70.5 Å². The third kappa shape index (κ3) is 3.05. The summed E-state index contributed by atoms with van der Waals surface area (Å²) in [4.78, 5) is 2.21. The molecule has 0 aliphatic heterocycles. The Balaban J connectivity index is 2.46. The zero-order valence-corrected chi connectivity index (χ0v) is 15.2. The van der Waals surface area contributed by atoms with E-state index in [-0.39, 0.29) is 0 Å². The fourth-order valence-electron chi connectivity index (χ4n) is 1.39. The van der Waals surface area contributed by atoms with Crippen molar-refractivity contribution in [1.29, 1.82) is 0 Å². The highest BCUT2D eigenvalue weighted by Crippen LogP contribution is 2.44. The van der Waals surface area contributed by atoms with Crippen molar-refractivity contribution in [3.05, 3.63) is 24.9 Å². The summed E-state index contributed by atoms with van der Waals surface area (Å²) in [6.45, 7) is 0.988. The molecule has 0 atom stereocenters. The Morgan fingerprint density at radius 2 is 1.71 bits per heavy atom. The molecule has 17 heavy (non-hydrogen) atoms. The van der Waals surface area contributed by atoms with Gasteiger partial charge in [0.15, 0.2) is 0 Å². The summed E-state index contributed by atoms with van der Waals surface area (Å²) in [6, 6.07) is 3.90. The normalized spacial score (nSPS) is 10.9. The Hall–Kier alpha value is 0.835. The summed E-state index contributed by atoms with van der Waals surface area (Å²) in [6.07, 6.45) is 0.516. The van der Waals surface area contributed by atoms with Crippen LogP contribution in [0.4, 0.5) is 4.32 Å². The lowest BCUT2D eigenvalue weighted by molar-refractivity contribution is 0.842. The van der Waals surface area contributed by atoms with E-state index in [4.69, 9.17) is 0 Å². The van der Waals surface area contributed by atoms with Gasteiger partial charge in [0.05, 0.1) is 13.5 Å². The maximum Gasteiger partial charge on any atom is 0.390 e. The topological polar surface area (TPSA) is 0 Å². The van der Waals surface area contributed by atoms with Crippen molar-refractivity contribution in [2.45, 2.75) is 13.2 Å². The Kier molecular flexibility index (Phi) is 4.91. The minimum atomic E-state index is -0.868. The van der Waals surface area contributed by atoms with Crippen molar-refractivity contribution in [2.75, 3.05) is 0 Å². The average molecular weight is 461 g/mol. The maximum atomic E-state index is 13.7. The molecule has 2 rings (SSSR count). The van der Waals surface area contributed by atoms with E-state index in [0.717, 1.165) is 27.3 Å². The molecule has 0 bridgehead atoms. The van der Waals surface area contributed by atoms with Crippen LogP contribution in [-0.4, -0.2) is 6.99 Å². The molecule has 0 aliphatic rings. The fraction of sp³-hybridized carbons (Fsp3) is 0.200. The second-order valence-electron chi connectivity index (χ2n) is 3.43. The molecule has 0 unspecified atom stereocenters. The van der Waals surface area contributed by atoms with E-state index in [1.54, 1.807) is 11.3 Å². The van der Waals surface area contributed by atoms with E-state index < -0.39 is 6.99 Å². The molecule has 0 nitrogen and oxygen atoms in total. The van der Waals surface area contributed by atoms with Gasteiger partial charge < -0.3 is 4.32 Å². The predicted molar refractivity (Wildman–Crippen MR) is 87.7 cm³/mol. The number of thiophene rings is 2. The first-order chi connectivity index (χ1) is 8.02. The van der Waals surface area contributed by atoms with Gasteiger partial charge in [-0.2, -0.15) is 0 Å². The number of halogens is 4. The van der Waals surface area contributed by atoms with Crippen molar-refractivity contribution >= 4 is 82.2 Å². The van der Waals surface area contributed by atoms with E-state index in [9.17, 15) is 4.32 Å². The third-order valence-electron chi connectivity index (χ3n) is 2.24. The summed E-state index contributed by atoms with van der Waals surface area (Å²) >= 11 is 13.6. The van der Waals surface area contributed by atoms with Crippen LogP contribution in [0.1, 0.15) is 6.92 Å². The van der Waals surface area contributed by atoms with Gasteiger partial charge in [0.25, 0.3) is 0 Å². The van der Waals surface area contributed by atoms with Crippen molar-refractivity contribution in [3.63, 3.8) is 0 Å². The van der Waals surface area contributed by atoms with Gasteiger partial charge in [0, 0.05) is 13.7 Å². The molecule has 0 aliphatic carbocycles. The first kappa shape index (κ1) is 14.2. The van der Waals surface area contributed by atoms with Crippen molar-refractivity contribution in [3.8, 4) is 9.75 Å². The summed E-state index contributed by atoms with van der Waals surface area (Å²) < 4.78 is 17.5. The number of rotatable bonds is 3. The average Bonchev–Trinajstić information content (AvgIpc) is 2.80. The van der Waals surface area contributed by atoms with Crippen LogP contribution in [0.3, 0.4) is 0 Å². The Labute approximate surface area is 133 Å². The lowest BCUT2D eigenvalue weighted by atomic mass is 9.68. The molecule has 0 saturated heterocycles. The van der Waals surface area contributed by atoms with Crippen LogP contribution < -0.4 is 4.78 Å². The van der Waals surface area contributed by atoms with Crippen LogP contribution in [0.5, 0.6) is 0 Å². The fourth-order valence-corrected chi connectivity index (χ4v) is 6.38. The first-order valence-corrected chi connectivity index (χ1v) is 8.92. The zero-order chi connectivity index (χ0) is 12.6. The van der Waals surface area contributed by atoms with E-state index in [0.29, 0.717) is 6.32 Å². The Bertz CT molecular complexity index is 538. The SMILES string of the molecule is CCB(F)c1cc(Br)c(-c2sc(Br)cc2Br)s1. The first-order valence-electron chi connectivity index (χ1n) is 4.91. The molecule has 0 fully saturated rings. The van der Waals surface area contributed by atoms with E-state index in [1.165, 1.54) is 11.3 Å². The predicted octanol–water partition coefficient (Wildman–Crippen LogP) is 5.95. The second-order valence-corrected chi connectivity index (χ2v) is 8.65. The second kappa shape index (κ2) is 5.86. The zero-order valence-electron chi connectivity index (χ0n) is 8.77. The minimum Gasteiger partial charge on any atom is -0.328 e. The quantitative estimate of drug-likeness (QED) is 0.496. The summed E-state index contributed by atoms with van der Waals surface area (Å²) in [7, 11) is 0. The summed E-state index contributed by atoms with van der Waals surface area (Å²) in [5, 5.41) is 0. The number of hydrogen-bond donors (Lipinski definition) is 0. The highest BCUT2D eigenvalue weighted by Gasteiger charge is 2.21. The van der Waals surface area contributed by atoms with Crippen molar-refractivity contribution in [1.82, 2.24) is 0 Å². The van der Waals surface area contributed by atoms with E-state index in [2.05, 4.69) is 47.8 Å². The molecule has 2 aromatic heterocycles. The lowest BCUT2D eigenvalue weighted by Gasteiger charge is -1.95. The van der Waals surface area contributed by atoms with Gasteiger partial charge >= 0.3 is 6.99 Å². The molecule has 90 valence electrons. The molecule has 0 amide bonds. The molecule has 7 heteroatoms. The molecule has 0 radical (unpaired) electrons. The largest absolute Gasteiger partial charge is 0.390 e. The van der Waals surface area contributed by atoms with Crippen LogP contribution in [0, 0.1) is 0 Å². The van der Waals surface area contributed by atoms with Gasteiger partial charge in [-0.25, -0.2) is 0 Å². The third-order valence-corrected chi connectivity index (χ3v) is 7.03. The molecule has 0 N–H and O–H groups in total.